The van der Waals surface area contributed by atoms with Gasteiger partial charge in [-0.05, 0) is 56.9 Å². The number of amides is 3. The second-order valence-electron chi connectivity index (χ2n) is 11.9. The Labute approximate surface area is 242 Å². The molecule has 3 saturated heterocycles. The van der Waals surface area contributed by atoms with Crippen LogP contribution >= 0.6 is 0 Å². The lowest BCUT2D eigenvalue weighted by molar-refractivity contribution is -0.139. The average Bonchev–Trinajstić information content (AvgIpc) is 3.37. The molecule has 0 radical (unpaired) electrons. The minimum absolute atomic E-state index is 0.00121. The van der Waals surface area contributed by atoms with Crippen LogP contribution in [0, 0.1) is 0 Å². The van der Waals surface area contributed by atoms with E-state index in [1.807, 2.05) is 24.0 Å². The van der Waals surface area contributed by atoms with E-state index in [1.165, 1.54) is 5.56 Å². The number of aliphatic hydroxyl groups is 1. The van der Waals surface area contributed by atoms with Crippen molar-refractivity contribution in [3.8, 4) is 0 Å². The summed E-state index contributed by atoms with van der Waals surface area (Å²) in [5.74, 6) is 0.286. The Morgan fingerprint density at radius 3 is 2.46 bits per heavy atom. The second kappa shape index (κ2) is 12.1. The van der Waals surface area contributed by atoms with Crippen molar-refractivity contribution in [2.45, 2.75) is 76.0 Å². The maximum Gasteiger partial charge on any atom is 0.249 e. The molecule has 4 aliphatic heterocycles. The normalized spacial score (nSPS) is 23.2. The molecular formula is C32H42N4O5. The number of carbonyl (C=O) groups excluding carboxylic acids is 3. The number of nitrogens with one attached hydrogen (secondary N) is 1. The summed E-state index contributed by atoms with van der Waals surface area (Å²) in [4.78, 5) is 43.6. The molecule has 1 atom stereocenters. The van der Waals surface area contributed by atoms with Crippen LogP contribution in [0.3, 0.4) is 0 Å². The van der Waals surface area contributed by atoms with E-state index in [9.17, 15) is 19.5 Å². The summed E-state index contributed by atoms with van der Waals surface area (Å²) < 4.78 is 6.04. The van der Waals surface area contributed by atoms with Crippen LogP contribution < -0.4 is 15.1 Å². The summed E-state index contributed by atoms with van der Waals surface area (Å²) in [5, 5.41) is 13.9. The highest BCUT2D eigenvalue weighted by atomic mass is 16.5. The molecule has 0 spiro atoms. The number of benzene rings is 1. The number of likely N-dealkylation sites (tertiary alicyclic amines) is 1. The number of hydrogen-bond acceptors (Lipinski definition) is 7. The molecule has 0 saturated carbocycles. The molecular weight excluding hydrogens is 520 g/mol. The molecule has 5 rings (SSSR count). The Morgan fingerprint density at radius 2 is 1.80 bits per heavy atom. The van der Waals surface area contributed by atoms with E-state index in [0.29, 0.717) is 57.6 Å². The van der Waals surface area contributed by atoms with Gasteiger partial charge in [0.05, 0.1) is 12.0 Å². The first-order valence-electron chi connectivity index (χ1n) is 14.8. The fraction of sp³-hybridized carbons (Fsp3) is 0.531. The van der Waals surface area contributed by atoms with Gasteiger partial charge in [0.25, 0.3) is 0 Å². The first kappa shape index (κ1) is 28.9. The third-order valence-electron chi connectivity index (χ3n) is 8.83. The largest absolute Gasteiger partial charge is 0.490 e. The molecule has 3 fully saturated rings. The first-order valence-corrected chi connectivity index (χ1v) is 14.8. The number of anilines is 2. The quantitative estimate of drug-likeness (QED) is 0.285. The Morgan fingerprint density at radius 1 is 1.10 bits per heavy atom. The Balaban J connectivity index is 1.14. The third kappa shape index (κ3) is 6.50. The van der Waals surface area contributed by atoms with Crippen molar-refractivity contribution in [3.05, 3.63) is 60.4 Å². The molecule has 220 valence electrons. The highest BCUT2D eigenvalue weighted by molar-refractivity contribution is 6.02. The number of carbonyl (C=O) groups is 3. The van der Waals surface area contributed by atoms with E-state index < -0.39 is 5.60 Å². The minimum atomic E-state index is -1.02. The zero-order chi connectivity index (χ0) is 29.1. The van der Waals surface area contributed by atoms with E-state index in [2.05, 4.69) is 40.4 Å². The topological polar surface area (TPSA) is 102 Å². The summed E-state index contributed by atoms with van der Waals surface area (Å²) in [5.41, 5.74) is 3.28. The molecule has 2 N–H and O–H groups in total. The lowest BCUT2D eigenvalue weighted by Gasteiger charge is -2.41. The average molecular weight is 563 g/mol. The van der Waals surface area contributed by atoms with Gasteiger partial charge in [0.15, 0.2) is 0 Å². The smallest absolute Gasteiger partial charge is 0.249 e. The molecule has 0 aliphatic carbocycles. The SMILES string of the molecule is C=C/C(=C\C(=C)C)OC1CCN(C(=O)CC2(O)CCN(c3cccc4c3CCN4C3CCC(=O)NC3=O)CC2)CC1. The first-order chi connectivity index (χ1) is 19.7. The zero-order valence-electron chi connectivity index (χ0n) is 24.1. The van der Waals surface area contributed by atoms with Crippen LogP contribution in [0.15, 0.2) is 54.8 Å². The maximum absolute atomic E-state index is 13.2. The fourth-order valence-electron chi connectivity index (χ4n) is 6.57. The molecule has 9 heteroatoms. The van der Waals surface area contributed by atoms with Gasteiger partial charge >= 0.3 is 0 Å². The van der Waals surface area contributed by atoms with Gasteiger partial charge in [-0.15, -0.1) is 0 Å². The summed E-state index contributed by atoms with van der Waals surface area (Å²) >= 11 is 0. The van der Waals surface area contributed by atoms with E-state index in [-0.39, 0.29) is 36.3 Å². The lowest BCUT2D eigenvalue weighted by atomic mass is 9.87. The summed E-state index contributed by atoms with van der Waals surface area (Å²) in [6.45, 7) is 12.9. The van der Waals surface area contributed by atoms with E-state index in [1.54, 1.807) is 6.08 Å². The Kier molecular flexibility index (Phi) is 8.54. The molecule has 1 aromatic rings. The van der Waals surface area contributed by atoms with E-state index in [0.717, 1.165) is 42.8 Å². The van der Waals surface area contributed by atoms with E-state index >= 15 is 0 Å². The molecule has 9 nitrogen and oxygen atoms in total. The van der Waals surface area contributed by atoms with Gasteiger partial charge in [0.1, 0.15) is 17.9 Å². The zero-order valence-corrected chi connectivity index (χ0v) is 24.1. The number of ether oxygens (including phenoxy) is 1. The summed E-state index contributed by atoms with van der Waals surface area (Å²) in [7, 11) is 0. The monoisotopic (exact) mass is 562 g/mol. The van der Waals surface area contributed by atoms with Gasteiger partial charge in [0.2, 0.25) is 17.7 Å². The van der Waals surface area contributed by atoms with Crippen molar-refractivity contribution in [3.63, 3.8) is 0 Å². The lowest BCUT2D eigenvalue weighted by Crippen LogP contribution is -2.52. The van der Waals surface area contributed by atoms with Gasteiger partial charge in [-0.25, -0.2) is 0 Å². The van der Waals surface area contributed by atoms with Gasteiger partial charge in [-0.1, -0.05) is 24.8 Å². The van der Waals surface area contributed by atoms with Crippen LogP contribution in [0.25, 0.3) is 0 Å². The minimum Gasteiger partial charge on any atom is -0.490 e. The van der Waals surface area contributed by atoms with Crippen molar-refractivity contribution in [1.29, 1.82) is 0 Å². The van der Waals surface area contributed by atoms with Crippen LogP contribution in [-0.4, -0.2) is 78.2 Å². The molecule has 41 heavy (non-hydrogen) atoms. The number of rotatable bonds is 8. The molecule has 1 unspecified atom stereocenters. The van der Waals surface area contributed by atoms with E-state index in [4.69, 9.17) is 4.74 Å². The Bertz CT molecular complexity index is 1240. The van der Waals surface area contributed by atoms with Gasteiger partial charge < -0.3 is 24.5 Å². The van der Waals surface area contributed by atoms with Crippen molar-refractivity contribution in [2.24, 2.45) is 0 Å². The number of hydrogen-bond donors (Lipinski definition) is 2. The number of nitrogens with zero attached hydrogens (tertiary/aromatic N) is 3. The number of imide groups is 1. The molecule has 1 aromatic carbocycles. The molecule has 0 aromatic heterocycles. The fourth-order valence-corrected chi connectivity index (χ4v) is 6.57. The highest BCUT2D eigenvalue weighted by Gasteiger charge is 2.39. The number of allylic oxidation sites excluding steroid dienone is 3. The van der Waals surface area contributed by atoms with Crippen molar-refractivity contribution in [1.82, 2.24) is 10.2 Å². The number of piperidine rings is 3. The van der Waals surface area contributed by atoms with Crippen LogP contribution in [0.4, 0.5) is 11.4 Å². The van der Waals surface area contributed by atoms with Crippen LogP contribution in [-0.2, 0) is 25.5 Å². The second-order valence-corrected chi connectivity index (χ2v) is 11.9. The molecule has 3 amide bonds. The number of fused-ring (bicyclic) bond motifs is 1. The molecule has 0 bridgehead atoms. The predicted octanol–water partition coefficient (Wildman–Crippen LogP) is 3.23. The van der Waals surface area contributed by atoms with Crippen LogP contribution in [0.2, 0.25) is 0 Å². The van der Waals surface area contributed by atoms with Gasteiger partial charge in [0, 0.05) is 68.9 Å². The van der Waals surface area contributed by atoms with Crippen LogP contribution in [0.1, 0.15) is 57.4 Å². The predicted molar refractivity (Wildman–Crippen MR) is 158 cm³/mol. The maximum atomic E-state index is 13.2. The molecule has 4 heterocycles. The van der Waals surface area contributed by atoms with Crippen LogP contribution in [0.5, 0.6) is 0 Å². The third-order valence-corrected chi connectivity index (χ3v) is 8.83. The van der Waals surface area contributed by atoms with Gasteiger partial charge in [-0.3, -0.25) is 19.7 Å². The van der Waals surface area contributed by atoms with Crippen molar-refractivity contribution in [2.75, 3.05) is 42.5 Å². The summed E-state index contributed by atoms with van der Waals surface area (Å²) in [6, 6.07) is 5.85. The highest BCUT2D eigenvalue weighted by Crippen LogP contribution is 2.40. The summed E-state index contributed by atoms with van der Waals surface area (Å²) in [6.07, 6.45) is 7.98. The van der Waals surface area contributed by atoms with Crippen molar-refractivity contribution >= 4 is 29.1 Å². The molecule has 4 aliphatic rings. The standard InChI is InChI=1S/C32H42N4O5/c1-4-23(20-22(2)3)41-24-10-15-35(16-11-24)30(38)21-32(40)13-18-34(19-14-32)26-6-5-7-27-25(26)12-17-36(27)28-8-9-29(37)33-31(28)39/h4-7,20,24,28,40H,1-2,8-19,21H2,3H3,(H,33,37,39)/b23-20+. The van der Waals surface area contributed by atoms with Crippen molar-refractivity contribution < 1.29 is 24.2 Å². The van der Waals surface area contributed by atoms with Gasteiger partial charge in [-0.2, -0.15) is 0 Å². The Hall–Kier alpha value is -3.59.